The zero-order valence-corrected chi connectivity index (χ0v) is 13.0. The van der Waals surface area contributed by atoms with E-state index in [9.17, 15) is 4.79 Å². The minimum atomic E-state index is -0.205. The van der Waals surface area contributed by atoms with Crippen LogP contribution in [0.2, 0.25) is 0 Å². The van der Waals surface area contributed by atoms with Gasteiger partial charge in [-0.15, -0.1) is 0 Å². The third kappa shape index (κ3) is 3.74. The van der Waals surface area contributed by atoms with Crippen LogP contribution in [0, 0.1) is 0 Å². The number of urea groups is 1. The van der Waals surface area contributed by atoms with Gasteiger partial charge in [0.05, 0.1) is 13.2 Å². The first kappa shape index (κ1) is 15.2. The first-order valence-electron chi connectivity index (χ1n) is 7.63. The molecule has 1 aliphatic rings. The summed E-state index contributed by atoms with van der Waals surface area (Å²) in [4.78, 5) is 12.1. The van der Waals surface area contributed by atoms with E-state index in [4.69, 9.17) is 9.47 Å². The van der Waals surface area contributed by atoms with Crippen molar-refractivity contribution in [2.45, 2.75) is 19.0 Å². The van der Waals surface area contributed by atoms with Crippen LogP contribution in [-0.2, 0) is 13.0 Å². The van der Waals surface area contributed by atoms with Gasteiger partial charge in [0.1, 0.15) is 18.1 Å². The molecule has 0 bridgehead atoms. The normalized spacial score (nSPS) is 16.0. The lowest BCUT2D eigenvalue weighted by atomic mass is 10.0. The van der Waals surface area contributed by atoms with Crippen molar-refractivity contribution in [3.05, 3.63) is 59.7 Å². The molecule has 5 nitrogen and oxygen atoms in total. The van der Waals surface area contributed by atoms with Crippen LogP contribution in [0.25, 0.3) is 0 Å². The number of methoxy groups -OCH3 is 1. The van der Waals surface area contributed by atoms with E-state index in [0.717, 1.165) is 29.0 Å². The van der Waals surface area contributed by atoms with Crippen molar-refractivity contribution in [2.75, 3.05) is 13.7 Å². The van der Waals surface area contributed by atoms with Gasteiger partial charge < -0.3 is 20.1 Å². The molecule has 0 spiro atoms. The molecule has 5 heteroatoms. The molecule has 1 atom stereocenters. The minimum Gasteiger partial charge on any atom is -0.496 e. The van der Waals surface area contributed by atoms with Gasteiger partial charge in [-0.2, -0.15) is 0 Å². The smallest absolute Gasteiger partial charge is 0.315 e. The Kier molecular flexibility index (Phi) is 4.66. The molecule has 0 fully saturated rings. The second-order valence-corrected chi connectivity index (χ2v) is 5.46. The van der Waals surface area contributed by atoms with Gasteiger partial charge in [0, 0.05) is 12.1 Å². The van der Waals surface area contributed by atoms with Gasteiger partial charge in [-0.1, -0.05) is 36.4 Å². The maximum absolute atomic E-state index is 12.1. The average molecular weight is 312 g/mol. The molecule has 0 unspecified atom stereocenters. The van der Waals surface area contributed by atoms with Crippen LogP contribution in [0.4, 0.5) is 4.79 Å². The highest BCUT2D eigenvalue weighted by molar-refractivity contribution is 5.74. The van der Waals surface area contributed by atoms with Crippen LogP contribution in [0.15, 0.2) is 48.5 Å². The molecular weight excluding hydrogens is 292 g/mol. The Morgan fingerprint density at radius 3 is 2.87 bits per heavy atom. The van der Waals surface area contributed by atoms with Crippen molar-refractivity contribution in [3.8, 4) is 11.5 Å². The summed E-state index contributed by atoms with van der Waals surface area (Å²) in [6, 6.07) is 15.3. The van der Waals surface area contributed by atoms with Crippen LogP contribution in [0.1, 0.15) is 11.1 Å². The lowest BCUT2D eigenvalue weighted by Gasteiger charge is -2.26. The van der Waals surface area contributed by atoms with Crippen molar-refractivity contribution >= 4 is 6.03 Å². The second-order valence-electron chi connectivity index (χ2n) is 5.46. The summed E-state index contributed by atoms with van der Waals surface area (Å²) in [7, 11) is 1.62. The number of hydrogen-bond donors (Lipinski definition) is 2. The molecule has 1 heterocycles. The first-order valence-corrected chi connectivity index (χ1v) is 7.63. The number of para-hydroxylation sites is 2. The summed E-state index contributed by atoms with van der Waals surface area (Å²) in [6.45, 7) is 0.902. The molecule has 2 aromatic rings. The van der Waals surface area contributed by atoms with Crippen molar-refractivity contribution < 1.29 is 14.3 Å². The third-order valence-corrected chi connectivity index (χ3v) is 3.85. The Balaban J connectivity index is 1.52. The first-order chi connectivity index (χ1) is 11.3. The number of benzene rings is 2. The number of carbonyl (C=O) groups excluding carboxylic acids is 1. The Bertz CT molecular complexity index is 687. The summed E-state index contributed by atoms with van der Waals surface area (Å²) in [5.74, 6) is 1.67. The highest BCUT2D eigenvalue weighted by Crippen LogP contribution is 2.23. The van der Waals surface area contributed by atoms with E-state index in [0.29, 0.717) is 13.2 Å². The molecule has 2 amide bonds. The van der Waals surface area contributed by atoms with Crippen LogP contribution in [-0.4, -0.2) is 25.8 Å². The van der Waals surface area contributed by atoms with E-state index in [-0.39, 0.29) is 12.1 Å². The molecule has 1 aliphatic heterocycles. The van der Waals surface area contributed by atoms with E-state index < -0.39 is 0 Å². The lowest BCUT2D eigenvalue weighted by Crippen LogP contribution is -2.47. The van der Waals surface area contributed by atoms with Gasteiger partial charge in [-0.25, -0.2) is 4.79 Å². The quantitative estimate of drug-likeness (QED) is 0.912. The number of ether oxygens (including phenoxy) is 2. The van der Waals surface area contributed by atoms with Gasteiger partial charge in [-0.05, 0) is 24.1 Å². The fraction of sp³-hybridized carbons (Fsp3) is 0.278. The predicted octanol–water partition coefficient (Wildman–Crippen LogP) is 2.50. The van der Waals surface area contributed by atoms with E-state index in [2.05, 4.69) is 10.6 Å². The molecule has 0 aliphatic carbocycles. The predicted molar refractivity (Wildman–Crippen MR) is 87.8 cm³/mol. The number of carbonyl (C=O) groups is 1. The fourth-order valence-electron chi connectivity index (χ4n) is 2.68. The molecule has 0 saturated heterocycles. The molecule has 2 aromatic carbocycles. The van der Waals surface area contributed by atoms with Gasteiger partial charge in [-0.3, -0.25) is 0 Å². The number of nitrogens with one attached hydrogen (secondary N) is 2. The Hall–Kier alpha value is -2.69. The largest absolute Gasteiger partial charge is 0.496 e. The van der Waals surface area contributed by atoms with Crippen LogP contribution < -0.4 is 20.1 Å². The monoisotopic (exact) mass is 312 g/mol. The summed E-state index contributed by atoms with van der Waals surface area (Å²) in [5.41, 5.74) is 2.06. The SMILES string of the molecule is COc1ccccc1CNC(=O)N[C@H]1COc2ccccc2C1. The number of hydrogen-bond acceptors (Lipinski definition) is 3. The number of rotatable bonds is 4. The van der Waals surface area contributed by atoms with E-state index in [1.54, 1.807) is 7.11 Å². The number of amides is 2. The van der Waals surface area contributed by atoms with Crippen LogP contribution in [0.5, 0.6) is 11.5 Å². The van der Waals surface area contributed by atoms with Gasteiger partial charge >= 0.3 is 6.03 Å². The third-order valence-electron chi connectivity index (χ3n) is 3.85. The topological polar surface area (TPSA) is 59.6 Å². The van der Waals surface area contributed by atoms with Gasteiger partial charge in [0.2, 0.25) is 0 Å². The molecule has 2 N–H and O–H groups in total. The summed E-state index contributed by atoms with van der Waals surface area (Å²) >= 11 is 0. The van der Waals surface area contributed by atoms with Gasteiger partial charge in [0.15, 0.2) is 0 Å². The van der Waals surface area contributed by atoms with Crippen molar-refractivity contribution in [1.29, 1.82) is 0 Å². The number of fused-ring (bicyclic) bond motifs is 1. The molecule has 0 radical (unpaired) electrons. The highest BCUT2D eigenvalue weighted by atomic mass is 16.5. The summed E-state index contributed by atoms with van der Waals surface area (Å²) in [6.07, 6.45) is 0.776. The molecule has 120 valence electrons. The standard InChI is InChI=1S/C18H20N2O3/c1-22-16-8-4-3-7-14(16)11-19-18(21)20-15-10-13-6-2-5-9-17(13)23-12-15/h2-9,15H,10-12H2,1H3,(H2,19,20,21)/t15-/m1/s1. The Labute approximate surface area is 135 Å². The Morgan fingerprint density at radius 2 is 2.00 bits per heavy atom. The van der Waals surface area contributed by atoms with E-state index in [1.807, 2.05) is 48.5 Å². The molecule has 23 heavy (non-hydrogen) atoms. The van der Waals surface area contributed by atoms with Gasteiger partial charge in [0.25, 0.3) is 0 Å². The Morgan fingerprint density at radius 1 is 1.22 bits per heavy atom. The molecule has 0 saturated carbocycles. The van der Waals surface area contributed by atoms with E-state index in [1.165, 1.54) is 0 Å². The van der Waals surface area contributed by atoms with Crippen molar-refractivity contribution in [1.82, 2.24) is 10.6 Å². The van der Waals surface area contributed by atoms with Crippen LogP contribution in [0.3, 0.4) is 0 Å². The maximum atomic E-state index is 12.1. The lowest BCUT2D eigenvalue weighted by molar-refractivity contribution is 0.214. The van der Waals surface area contributed by atoms with Crippen molar-refractivity contribution in [2.24, 2.45) is 0 Å². The van der Waals surface area contributed by atoms with E-state index >= 15 is 0 Å². The van der Waals surface area contributed by atoms with Crippen LogP contribution >= 0.6 is 0 Å². The minimum absolute atomic E-state index is 0.0254. The average Bonchev–Trinajstić information content (AvgIpc) is 2.60. The summed E-state index contributed by atoms with van der Waals surface area (Å²) in [5, 5.41) is 5.81. The maximum Gasteiger partial charge on any atom is 0.315 e. The highest BCUT2D eigenvalue weighted by Gasteiger charge is 2.20. The zero-order valence-electron chi connectivity index (χ0n) is 13.0. The second kappa shape index (κ2) is 7.05. The molecular formula is C18H20N2O3. The summed E-state index contributed by atoms with van der Waals surface area (Å²) < 4.78 is 10.9. The fourth-order valence-corrected chi connectivity index (χ4v) is 2.68. The van der Waals surface area contributed by atoms with Crippen molar-refractivity contribution in [3.63, 3.8) is 0 Å². The molecule has 3 rings (SSSR count). The molecule has 0 aromatic heterocycles. The zero-order chi connectivity index (χ0) is 16.1.